The standard InChI is InChI=1S/C23H16F8N8O/c1-21(23(29,30)31)14-16(33-6-4-22(26,27)28)35-18(36-17(14)37-20(21)40)15-11-7-10(24)8-34-19(11)39(38-15)9-13-12(25)3-2-5-32-13/h2-3,5,7-8H,4,6,9H2,1H3,(H2,33,35,36,37,40)/t21-/m0/s1. The van der Waals surface area contributed by atoms with Crippen molar-refractivity contribution in [2.45, 2.75) is 37.7 Å². The number of carbonyl (C=O) groups excluding carboxylic acids is 1. The highest BCUT2D eigenvalue weighted by Crippen LogP contribution is 2.50. The Morgan fingerprint density at radius 3 is 2.52 bits per heavy atom. The van der Waals surface area contributed by atoms with Gasteiger partial charge in [0.25, 0.3) is 0 Å². The molecular formula is C23H16F8N8O. The van der Waals surface area contributed by atoms with Crippen LogP contribution in [0, 0.1) is 11.6 Å². The Morgan fingerprint density at radius 2 is 1.85 bits per heavy atom. The van der Waals surface area contributed by atoms with Gasteiger partial charge in [0.05, 0.1) is 35.8 Å². The molecule has 2 N–H and O–H groups in total. The number of fused-ring (bicyclic) bond motifs is 2. The van der Waals surface area contributed by atoms with Gasteiger partial charge in [0.15, 0.2) is 16.9 Å². The first kappa shape index (κ1) is 27.1. The van der Waals surface area contributed by atoms with Gasteiger partial charge in [-0.25, -0.2) is 28.4 Å². The molecule has 9 nitrogen and oxygen atoms in total. The van der Waals surface area contributed by atoms with E-state index in [4.69, 9.17) is 0 Å². The topological polar surface area (TPSA) is 111 Å². The summed E-state index contributed by atoms with van der Waals surface area (Å²) in [5, 5.41) is 8.43. The van der Waals surface area contributed by atoms with Crippen LogP contribution in [-0.4, -0.2) is 54.5 Å². The third-order valence-corrected chi connectivity index (χ3v) is 6.26. The summed E-state index contributed by atoms with van der Waals surface area (Å²) in [5.41, 5.74) is -4.30. The van der Waals surface area contributed by atoms with Gasteiger partial charge in [-0.15, -0.1) is 0 Å². The highest BCUT2D eigenvalue weighted by molar-refractivity contribution is 6.07. The lowest BCUT2D eigenvalue weighted by Crippen LogP contribution is -2.45. The van der Waals surface area contributed by atoms with E-state index in [0.717, 1.165) is 23.0 Å². The molecule has 0 saturated carbocycles. The number of halogens is 8. The molecule has 0 unspecified atom stereocenters. The smallest absolute Gasteiger partial charge is 0.369 e. The van der Waals surface area contributed by atoms with Crippen LogP contribution in [0.2, 0.25) is 0 Å². The average molecular weight is 572 g/mol. The van der Waals surface area contributed by atoms with Crippen molar-refractivity contribution in [2.24, 2.45) is 0 Å². The van der Waals surface area contributed by atoms with Crippen molar-refractivity contribution in [1.29, 1.82) is 0 Å². The second-order valence-corrected chi connectivity index (χ2v) is 8.95. The van der Waals surface area contributed by atoms with E-state index in [9.17, 15) is 39.9 Å². The molecule has 0 spiro atoms. The molecule has 1 aliphatic heterocycles. The number of anilines is 2. The third kappa shape index (κ3) is 4.64. The van der Waals surface area contributed by atoms with E-state index in [1.807, 2.05) is 5.32 Å². The number of alkyl halides is 6. The van der Waals surface area contributed by atoms with Crippen LogP contribution in [0.15, 0.2) is 30.6 Å². The van der Waals surface area contributed by atoms with Crippen molar-refractivity contribution in [3.63, 3.8) is 0 Å². The van der Waals surface area contributed by atoms with Crippen LogP contribution in [0.25, 0.3) is 22.6 Å². The van der Waals surface area contributed by atoms with E-state index in [2.05, 4.69) is 30.4 Å². The van der Waals surface area contributed by atoms with Crippen LogP contribution in [0.3, 0.4) is 0 Å². The van der Waals surface area contributed by atoms with Gasteiger partial charge in [0, 0.05) is 12.7 Å². The monoisotopic (exact) mass is 572 g/mol. The fourth-order valence-corrected chi connectivity index (χ4v) is 4.18. The minimum atomic E-state index is -5.16. The predicted molar refractivity (Wildman–Crippen MR) is 123 cm³/mol. The third-order valence-electron chi connectivity index (χ3n) is 6.26. The van der Waals surface area contributed by atoms with E-state index < -0.39 is 71.3 Å². The molecule has 4 aromatic heterocycles. The molecule has 210 valence electrons. The second-order valence-electron chi connectivity index (χ2n) is 8.95. The lowest BCUT2D eigenvalue weighted by atomic mass is 9.83. The number of hydrogen-bond donors (Lipinski definition) is 2. The number of hydrogen-bond acceptors (Lipinski definition) is 7. The maximum Gasteiger partial charge on any atom is 0.407 e. The fraction of sp³-hybridized carbons (Fsp3) is 0.304. The molecule has 1 atom stereocenters. The number of amides is 1. The number of carbonyl (C=O) groups is 1. The SMILES string of the molecule is C[C@@]1(C(F)(F)F)C(=O)Nc2nc(-c3nn(Cc4ncccc4F)c4ncc(F)cc34)nc(NCCC(F)(F)F)c21. The first-order chi connectivity index (χ1) is 18.7. The zero-order valence-electron chi connectivity index (χ0n) is 20.1. The van der Waals surface area contributed by atoms with Crippen LogP contribution in [0.4, 0.5) is 46.8 Å². The maximum absolute atomic E-state index is 14.3. The highest BCUT2D eigenvalue weighted by Gasteiger charge is 2.63. The molecule has 40 heavy (non-hydrogen) atoms. The average Bonchev–Trinajstić information content (AvgIpc) is 3.34. The van der Waals surface area contributed by atoms with Gasteiger partial charge >= 0.3 is 12.4 Å². The fourth-order valence-electron chi connectivity index (χ4n) is 4.18. The molecule has 0 bridgehead atoms. The Bertz CT molecular complexity index is 1630. The van der Waals surface area contributed by atoms with Crippen molar-refractivity contribution in [3.05, 3.63) is 53.5 Å². The largest absolute Gasteiger partial charge is 0.407 e. The van der Waals surface area contributed by atoms with Crippen LogP contribution in [0.1, 0.15) is 24.6 Å². The molecule has 0 aliphatic carbocycles. The molecule has 0 aromatic carbocycles. The molecule has 17 heteroatoms. The second kappa shape index (κ2) is 9.34. The Balaban J connectivity index is 1.68. The summed E-state index contributed by atoms with van der Waals surface area (Å²) in [6, 6.07) is 3.47. The summed E-state index contributed by atoms with van der Waals surface area (Å²) in [5.74, 6) is -4.82. The van der Waals surface area contributed by atoms with Gasteiger partial charge in [0.1, 0.15) is 29.0 Å². The van der Waals surface area contributed by atoms with E-state index >= 15 is 0 Å². The molecule has 4 aromatic rings. The highest BCUT2D eigenvalue weighted by atomic mass is 19.4. The number of nitrogens with zero attached hydrogens (tertiary/aromatic N) is 6. The zero-order valence-corrected chi connectivity index (χ0v) is 20.1. The van der Waals surface area contributed by atoms with Gasteiger partial charge in [-0.2, -0.15) is 31.4 Å². The molecular weight excluding hydrogens is 556 g/mol. The van der Waals surface area contributed by atoms with E-state index in [0.29, 0.717) is 6.92 Å². The van der Waals surface area contributed by atoms with Crippen LogP contribution >= 0.6 is 0 Å². The van der Waals surface area contributed by atoms with Gasteiger partial charge < -0.3 is 10.6 Å². The number of aromatic nitrogens is 6. The van der Waals surface area contributed by atoms with Gasteiger partial charge in [-0.1, -0.05) is 0 Å². The summed E-state index contributed by atoms with van der Waals surface area (Å²) in [6.07, 6.45) is -9.07. The van der Waals surface area contributed by atoms with Gasteiger partial charge in [-0.3, -0.25) is 9.78 Å². The van der Waals surface area contributed by atoms with E-state index in [1.54, 1.807) is 0 Å². The lowest BCUT2D eigenvalue weighted by Gasteiger charge is -2.26. The Morgan fingerprint density at radius 1 is 1.10 bits per heavy atom. The van der Waals surface area contributed by atoms with Gasteiger partial charge in [0.2, 0.25) is 5.91 Å². The molecule has 0 saturated heterocycles. The predicted octanol–water partition coefficient (Wildman–Crippen LogP) is 4.75. The Kier molecular flexibility index (Phi) is 6.34. The quantitative estimate of drug-likeness (QED) is 0.321. The molecule has 1 aliphatic rings. The number of pyridine rings is 2. The first-order valence-electron chi connectivity index (χ1n) is 11.4. The molecule has 0 fully saturated rings. The molecule has 1 amide bonds. The lowest BCUT2D eigenvalue weighted by molar-refractivity contribution is -0.186. The zero-order chi connectivity index (χ0) is 29.0. The summed E-state index contributed by atoms with van der Waals surface area (Å²) in [4.78, 5) is 28.4. The summed E-state index contributed by atoms with van der Waals surface area (Å²) in [6.45, 7) is -0.623. The minimum absolute atomic E-state index is 0.00120. The van der Waals surface area contributed by atoms with Crippen molar-refractivity contribution < 1.29 is 39.9 Å². The van der Waals surface area contributed by atoms with Crippen LogP contribution in [0.5, 0.6) is 0 Å². The van der Waals surface area contributed by atoms with Crippen molar-refractivity contribution in [1.82, 2.24) is 29.7 Å². The van der Waals surface area contributed by atoms with Crippen LogP contribution < -0.4 is 10.6 Å². The molecule has 5 rings (SSSR count). The Hall–Kier alpha value is -4.44. The minimum Gasteiger partial charge on any atom is -0.369 e. The van der Waals surface area contributed by atoms with Gasteiger partial charge in [-0.05, 0) is 25.1 Å². The summed E-state index contributed by atoms with van der Waals surface area (Å²) >= 11 is 0. The van der Waals surface area contributed by atoms with Crippen LogP contribution in [-0.2, 0) is 16.8 Å². The first-order valence-corrected chi connectivity index (χ1v) is 11.4. The number of nitrogens with one attached hydrogen (secondary N) is 2. The van der Waals surface area contributed by atoms with Crippen molar-refractivity contribution in [2.75, 3.05) is 17.2 Å². The van der Waals surface area contributed by atoms with Crippen molar-refractivity contribution >= 4 is 28.6 Å². The molecule has 0 radical (unpaired) electrons. The Labute approximate surface area is 218 Å². The summed E-state index contributed by atoms with van der Waals surface area (Å²) in [7, 11) is 0. The summed E-state index contributed by atoms with van der Waals surface area (Å²) < 4.78 is 110. The van der Waals surface area contributed by atoms with Crippen molar-refractivity contribution in [3.8, 4) is 11.5 Å². The van der Waals surface area contributed by atoms with E-state index in [1.165, 1.54) is 12.3 Å². The van der Waals surface area contributed by atoms with E-state index in [-0.39, 0.29) is 29.0 Å². The normalized spacial score (nSPS) is 17.3. The molecule has 5 heterocycles. The maximum atomic E-state index is 14.3. The number of rotatable bonds is 6.